The van der Waals surface area contributed by atoms with Crippen LogP contribution in [-0.4, -0.2) is 51.9 Å². The molecule has 0 spiro atoms. The van der Waals surface area contributed by atoms with Crippen LogP contribution >= 0.6 is 0 Å². The maximum Gasteiger partial charge on any atom is 0.256 e. The van der Waals surface area contributed by atoms with Crippen molar-refractivity contribution in [1.82, 2.24) is 19.9 Å². The number of halogens is 1. The number of piperidine rings is 1. The van der Waals surface area contributed by atoms with Crippen molar-refractivity contribution in [3.63, 3.8) is 0 Å². The van der Waals surface area contributed by atoms with E-state index in [1.54, 1.807) is 18.6 Å². The molecule has 1 saturated heterocycles. The van der Waals surface area contributed by atoms with Crippen LogP contribution in [0.1, 0.15) is 23.2 Å². The lowest BCUT2D eigenvalue weighted by atomic mass is 10.1. The topological polar surface area (TPSA) is 83.0 Å². The molecule has 2 aromatic heterocycles. The number of carbonyl (C=O) groups excluding carboxylic acids is 1. The third-order valence-corrected chi connectivity index (χ3v) is 6.07. The monoisotopic (exact) mass is 456 g/mol. The summed E-state index contributed by atoms with van der Waals surface area (Å²) in [6.07, 6.45) is 7.38. The molecule has 2 N–H and O–H groups in total. The van der Waals surface area contributed by atoms with Gasteiger partial charge in [0.2, 0.25) is 0 Å². The van der Waals surface area contributed by atoms with Crippen LogP contribution in [0.4, 0.5) is 16.0 Å². The molecule has 0 radical (unpaired) electrons. The Morgan fingerprint density at radius 1 is 0.971 bits per heavy atom. The number of pyridine rings is 1. The van der Waals surface area contributed by atoms with E-state index in [4.69, 9.17) is 4.98 Å². The summed E-state index contributed by atoms with van der Waals surface area (Å²) >= 11 is 0. The molecule has 0 aliphatic carbocycles. The minimum atomic E-state index is -0.387. The summed E-state index contributed by atoms with van der Waals surface area (Å²) in [7, 11) is 2.14. The molecule has 1 fully saturated rings. The van der Waals surface area contributed by atoms with Crippen molar-refractivity contribution in [3.8, 4) is 11.3 Å². The summed E-state index contributed by atoms with van der Waals surface area (Å²) in [6, 6.07) is 13.6. The predicted octanol–water partition coefficient (Wildman–Crippen LogP) is 4.59. The lowest BCUT2D eigenvalue weighted by Gasteiger charge is -2.29. The number of rotatable bonds is 5. The molecule has 8 heteroatoms. The zero-order valence-corrected chi connectivity index (χ0v) is 18.8. The van der Waals surface area contributed by atoms with Crippen molar-refractivity contribution >= 4 is 28.3 Å². The number of likely N-dealkylation sites (tertiary alicyclic amines) is 1. The number of anilines is 2. The smallest absolute Gasteiger partial charge is 0.256 e. The molecule has 0 atom stereocenters. The van der Waals surface area contributed by atoms with Crippen molar-refractivity contribution in [2.24, 2.45) is 0 Å². The second kappa shape index (κ2) is 9.52. The first-order valence-corrected chi connectivity index (χ1v) is 11.3. The molecule has 2 aromatic carbocycles. The Kier molecular flexibility index (Phi) is 6.14. The van der Waals surface area contributed by atoms with Crippen LogP contribution in [0, 0.1) is 5.82 Å². The highest BCUT2D eigenvalue weighted by Crippen LogP contribution is 2.25. The van der Waals surface area contributed by atoms with Gasteiger partial charge < -0.3 is 15.5 Å². The second-order valence-electron chi connectivity index (χ2n) is 8.60. The van der Waals surface area contributed by atoms with Gasteiger partial charge in [-0.25, -0.2) is 14.4 Å². The third kappa shape index (κ3) is 5.02. The lowest BCUT2D eigenvalue weighted by molar-refractivity contribution is 0.102. The number of carbonyl (C=O) groups is 1. The fourth-order valence-corrected chi connectivity index (χ4v) is 4.10. The Morgan fingerprint density at radius 3 is 2.56 bits per heavy atom. The van der Waals surface area contributed by atoms with E-state index in [1.807, 2.05) is 24.3 Å². The van der Waals surface area contributed by atoms with E-state index < -0.39 is 0 Å². The Morgan fingerprint density at radius 2 is 1.76 bits per heavy atom. The average Bonchev–Trinajstić information content (AvgIpc) is 2.85. The highest BCUT2D eigenvalue weighted by atomic mass is 19.1. The lowest BCUT2D eigenvalue weighted by Crippen LogP contribution is -2.36. The number of benzene rings is 2. The highest BCUT2D eigenvalue weighted by molar-refractivity contribution is 6.04. The third-order valence-electron chi connectivity index (χ3n) is 6.07. The minimum absolute atomic E-state index is 0.346. The van der Waals surface area contributed by atoms with Crippen molar-refractivity contribution in [1.29, 1.82) is 0 Å². The summed E-state index contributed by atoms with van der Waals surface area (Å²) < 4.78 is 13.1. The molecule has 7 nitrogen and oxygen atoms in total. The molecule has 0 unspecified atom stereocenters. The van der Waals surface area contributed by atoms with E-state index in [1.165, 1.54) is 24.3 Å². The van der Waals surface area contributed by atoms with Gasteiger partial charge in [0, 0.05) is 28.8 Å². The summed E-state index contributed by atoms with van der Waals surface area (Å²) in [5, 5.41) is 8.15. The van der Waals surface area contributed by atoms with E-state index in [-0.39, 0.29) is 11.7 Å². The number of fused-ring (bicyclic) bond motifs is 1. The van der Waals surface area contributed by atoms with Crippen LogP contribution in [0.2, 0.25) is 0 Å². The number of aromatic nitrogens is 3. The Labute approximate surface area is 197 Å². The number of hydrogen-bond acceptors (Lipinski definition) is 6. The summed E-state index contributed by atoms with van der Waals surface area (Å²) in [5.74, 6) is 0.458. The van der Waals surface area contributed by atoms with Crippen molar-refractivity contribution in [3.05, 3.63) is 78.5 Å². The van der Waals surface area contributed by atoms with Crippen LogP contribution in [-0.2, 0) is 0 Å². The molecule has 4 aromatic rings. The predicted molar refractivity (Wildman–Crippen MR) is 131 cm³/mol. The summed E-state index contributed by atoms with van der Waals surface area (Å²) in [6.45, 7) is 2.15. The first-order valence-electron chi connectivity index (χ1n) is 11.3. The summed E-state index contributed by atoms with van der Waals surface area (Å²) in [5.41, 5.74) is 2.06. The van der Waals surface area contributed by atoms with Gasteiger partial charge in [0.1, 0.15) is 17.5 Å². The number of nitrogens with zero attached hydrogens (tertiary/aromatic N) is 4. The van der Waals surface area contributed by atoms with Crippen molar-refractivity contribution in [2.75, 3.05) is 30.8 Å². The molecule has 5 rings (SSSR count). The van der Waals surface area contributed by atoms with Crippen LogP contribution in [0.15, 0.2) is 67.1 Å². The van der Waals surface area contributed by atoms with E-state index in [2.05, 4.69) is 32.5 Å². The maximum absolute atomic E-state index is 13.1. The number of nitrogens with one attached hydrogen (secondary N) is 2. The van der Waals surface area contributed by atoms with Crippen LogP contribution in [0.25, 0.3) is 22.0 Å². The standard InChI is InChI=1S/C26H25FN6O/c1-33-10-8-22(9-11-33)30-25-16-28-15-23(31-25)18-2-3-19-14-29-24(13-20(19)12-18)32-26(34)17-4-6-21(27)7-5-17/h2-7,12-16,22H,8-11H2,1H3,(H,30,31)(H,29,32,34). The van der Waals surface area contributed by atoms with E-state index in [9.17, 15) is 9.18 Å². The van der Waals surface area contributed by atoms with Crippen molar-refractivity contribution < 1.29 is 9.18 Å². The van der Waals surface area contributed by atoms with Gasteiger partial charge in [-0.05, 0) is 74.8 Å². The van der Waals surface area contributed by atoms with E-state index >= 15 is 0 Å². The SMILES string of the molecule is CN1CCC(Nc2cncc(-c3ccc4cnc(NC(=O)c5ccc(F)cc5)cc4c3)n2)CC1. The molecule has 172 valence electrons. The van der Waals surface area contributed by atoms with Gasteiger partial charge in [0.15, 0.2) is 0 Å². The fraction of sp³-hybridized carbons (Fsp3) is 0.231. The fourth-order valence-electron chi connectivity index (χ4n) is 4.10. The van der Waals surface area contributed by atoms with Gasteiger partial charge in [-0.3, -0.25) is 9.78 Å². The molecular formula is C26H25FN6O. The van der Waals surface area contributed by atoms with Gasteiger partial charge in [0.05, 0.1) is 18.1 Å². The average molecular weight is 457 g/mol. The largest absolute Gasteiger partial charge is 0.366 e. The van der Waals surface area contributed by atoms with Gasteiger partial charge in [-0.15, -0.1) is 0 Å². The maximum atomic E-state index is 13.1. The quantitative estimate of drug-likeness (QED) is 0.457. The molecule has 34 heavy (non-hydrogen) atoms. The molecule has 0 bridgehead atoms. The molecule has 0 saturated carbocycles. The molecule has 3 heterocycles. The van der Waals surface area contributed by atoms with Crippen LogP contribution in [0.5, 0.6) is 0 Å². The van der Waals surface area contributed by atoms with Gasteiger partial charge in [0.25, 0.3) is 5.91 Å². The second-order valence-corrected chi connectivity index (χ2v) is 8.60. The Hall–Kier alpha value is -3.91. The normalized spacial score (nSPS) is 14.8. The molecular weight excluding hydrogens is 431 g/mol. The molecule has 1 aliphatic rings. The minimum Gasteiger partial charge on any atom is -0.366 e. The van der Waals surface area contributed by atoms with Crippen LogP contribution in [0.3, 0.4) is 0 Å². The van der Waals surface area contributed by atoms with E-state index in [0.29, 0.717) is 17.4 Å². The van der Waals surface area contributed by atoms with Gasteiger partial charge >= 0.3 is 0 Å². The zero-order chi connectivity index (χ0) is 23.5. The first-order chi connectivity index (χ1) is 16.5. The van der Waals surface area contributed by atoms with E-state index in [0.717, 1.165) is 53.8 Å². The number of amides is 1. The Bertz CT molecular complexity index is 1320. The van der Waals surface area contributed by atoms with Crippen molar-refractivity contribution in [2.45, 2.75) is 18.9 Å². The molecule has 1 amide bonds. The van der Waals surface area contributed by atoms with Crippen LogP contribution < -0.4 is 10.6 Å². The Balaban J connectivity index is 1.35. The first kappa shape index (κ1) is 21.9. The van der Waals surface area contributed by atoms with Gasteiger partial charge in [-0.2, -0.15) is 0 Å². The van der Waals surface area contributed by atoms with Gasteiger partial charge in [-0.1, -0.05) is 12.1 Å². The number of hydrogen-bond donors (Lipinski definition) is 2. The molecule has 1 aliphatic heterocycles. The zero-order valence-electron chi connectivity index (χ0n) is 18.8. The highest BCUT2D eigenvalue weighted by Gasteiger charge is 2.17. The summed E-state index contributed by atoms with van der Waals surface area (Å²) in [4.78, 5) is 28.3.